The van der Waals surface area contributed by atoms with Crippen molar-refractivity contribution in [2.75, 3.05) is 18.0 Å². The summed E-state index contributed by atoms with van der Waals surface area (Å²) in [6, 6.07) is 7.63. The van der Waals surface area contributed by atoms with E-state index in [0.717, 1.165) is 49.0 Å². The SMILES string of the molecule is CC(C)C1CCC(N2CCC(N3C(=O)C(NC(=O)O)c4ccccc43)CC2)CC1. The molecule has 3 aliphatic rings. The number of likely N-dealkylation sites (tertiary alicyclic amines) is 1. The predicted octanol–water partition coefficient (Wildman–Crippen LogP) is 4.02. The van der Waals surface area contributed by atoms with E-state index in [1.807, 2.05) is 29.2 Å². The Balaban J connectivity index is 1.40. The van der Waals surface area contributed by atoms with E-state index in [2.05, 4.69) is 24.1 Å². The molecule has 2 fully saturated rings. The lowest BCUT2D eigenvalue weighted by atomic mass is 9.79. The normalized spacial score (nSPS) is 28.6. The van der Waals surface area contributed by atoms with Crippen LogP contribution in [-0.2, 0) is 4.79 Å². The zero-order valence-corrected chi connectivity index (χ0v) is 17.5. The van der Waals surface area contributed by atoms with E-state index < -0.39 is 12.1 Å². The lowest BCUT2D eigenvalue weighted by Gasteiger charge is -2.43. The van der Waals surface area contributed by atoms with Gasteiger partial charge in [0.1, 0.15) is 6.04 Å². The van der Waals surface area contributed by atoms with Gasteiger partial charge in [-0.2, -0.15) is 0 Å². The molecule has 0 radical (unpaired) electrons. The van der Waals surface area contributed by atoms with E-state index >= 15 is 0 Å². The standard InChI is InChI=1S/C23H33N3O3/c1-15(2)16-7-9-17(10-8-16)25-13-11-18(12-14-25)26-20-6-4-3-5-19(20)21(22(26)27)24-23(28)29/h3-6,15-18,21,24H,7-14H2,1-2H3,(H,28,29). The highest BCUT2D eigenvalue weighted by Gasteiger charge is 2.42. The molecule has 1 unspecified atom stereocenters. The summed E-state index contributed by atoms with van der Waals surface area (Å²) in [4.78, 5) is 28.8. The number of para-hydroxylation sites is 1. The number of hydrogen-bond acceptors (Lipinski definition) is 3. The number of carbonyl (C=O) groups is 2. The second-order valence-electron chi connectivity index (χ2n) is 9.23. The maximum atomic E-state index is 13.1. The number of piperidine rings is 1. The topological polar surface area (TPSA) is 72.9 Å². The molecular formula is C23H33N3O3. The van der Waals surface area contributed by atoms with Crippen molar-refractivity contribution in [2.24, 2.45) is 11.8 Å². The summed E-state index contributed by atoms with van der Waals surface area (Å²) in [7, 11) is 0. The zero-order chi connectivity index (χ0) is 20.5. The molecule has 1 aliphatic carbocycles. The molecule has 0 aromatic heterocycles. The largest absolute Gasteiger partial charge is 0.465 e. The maximum absolute atomic E-state index is 13.1. The van der Waals surface area contributed by atoms with Crippen LogP contribution in [0.25, 0.3) is 0 Å². The minimum atomic E-state index is -1.16. The Morgan fingerprint density at radius 3 is 2.31 bits per heavy atom. The molecule has 2 aliphatic heterocycles. The number of rotatable bonds is 4. The molecule has 1 saturated heterocycles. The Morgan fingerprint density at radius 2 is 1.69 bits per heavy atom. The quantitative estimate of drug-likeness (QED) is 0.802. The van der Waals surface area contributed by atoms with Gasteiger partial charge in [0, 0.05) is 36.4 Å². The number of nitrogens with one attached hydrogen (secondary N) is 1. The first kappa shape index (κ1) is 20.2. The minimum absolute atomic E-state index is 0.135. The van der Waals surface area contributed by atoms with E-state index in [-0.39, 0.29) is 11.9 Å². The smallest absolute Gasteiger partial charge is 0.405 e. The Hall–Kier alpha value is -2.08. The van der Waals surface area contributed by atoms with Crippen LogP contribution < -0.4 is 10.2 Å². The van der Waals surface area contributed by atoms with Gasteiger partial charge >= 0.3 is 6.09 Å². The van der Waals surface area contributed by atoms with Crippen LogP contribution in [0, 0.1) is 11.8 Å². The molecule has 0 spiro atoms. The minimum Gasteiger partial charge on any atom is -0.465 e. The van der Waals surface area contributed by atoms with Crippen molar-refractivity contribution in [2.45, 2.75) is 70.5 Å². The molecule has 29 heavy (non-hydrogen) atoms. The van der Waals surface area contributed by atoms with Crippen LogP contribution in [0.15, 0.2) is 24.3 Å². The third kappa shape index (κ3) is 4.00. The van der Waals surface area contributed by atoms with Crippen LogP contribution in [0.2, 0.25) is 0 Å². The fraction of sp³-hybridized carbons (Fsp3) is 0.652. The van der Waals surface area contributed by atoms with Crippen molar-refractivity contribution in [1.82, 2.24) is 10.2 Å². The van der Waals surface area contributed by atoms with E-state index in [4.69, 9.17) is 5.11 Å². The van der Waals surface area contributed by atoms with Gasteiger partial charge in [0.05, 0.1) is 0 Å². The van der Waals surface area contributed by atoms with E-state index in [0.29, 0.717) is 6.04 Å². The van der Waals surface area contributed by atoms with Crippen molar-refractivity contribution < 1.29 is 14.7 Å². The van der Waals surface area contributed by atoms with Crippen LogP contribution >= 0.6 is 0 Å². The van der Waals surface area contributed by atoms with Crippen molar-refractivity contribution in [3.8, 4) is 0 Å². The van der Waals surface area contributed by atoms with Crippen molar-refractivity contribution in [3.63, 3.8) is 0 Å². The van der Waals surface area contributed by atoms with Gasteiger partial charge in [0.25, 0.3) is 5.91 Å². The first-order chi connectivity index (χ1) is 14.0. The van der Waals surface area contributed by atoms with E-state index in [1.165, 1.54) is 25.7 Å². The monoisotopic (exact) mass is 399 g/mol. The van der Waals surface area contributed by atoms with Crippen LogP contribution in [0.5, 0.6) is 0 Å². The van der Waals surface area contributed by atoms with Crippen LogP contribution in [0.4, 0.5) is 10.5 Å². The predicted molar refractivity (Wildman–Crippen MR) is 113 cm³/mol. The average molecular weight is 400 g/mol. The summed E-state index contributed by atoms with van der Waals surface area (Å²) in [5.41, 5.74) is 1.64. The van der Waals surface area contributed by atoms with Crippen LogP contribution in [0.1, 0.15) is 64.0 Å². The number of carboxylic acid groups (broad SMARTS) is 1. The zero-order valence-electron chi connectivity index (χ0n) is 17.5. The first-order valence-corrected chi connectivity index (χ1v) is 11.1. The molecule has 0 bridgehead atoms. The second kappa shape index (κ2) is 8.34. The lowest BCUT2D eigenvalue weighted by molar-refractivity contribution is -0.120. The Bertz CT molecular complexity index is 749. The Labute approximate surface area is 173 Å². The van der Waals surface area contributed by atoms with Crippen LogP contribution in [-0.4, -0.2) is 47.2 Å². The summed E-state index contributed by atoms with van der Waals surface area (Å²) in [6.07, 6.45) is 6.00. The summed E-state index contributed by atoms with van der Waals surface area (Å²) in [6.45, 7) is 6.72. The van der Waals surface area contributed by atoms with Gasteiger partial charge in [0.15, 0.2) is 0 Å². The number of nitrogens with zero attached hydrogens (tertiary/aromatic N) is 2. The molecule has 2 N–H and O–H groups in total. The number of anilines is 1. The average Bonchev–Trinajstić information content (AvgIpc) is 2.99. The molecule has 4 rings (SSSR count). The highest BCUT2D eigenvalue weighted by molar-refractivity contribution is 6.06. The summed E-state index contributed by atoms with van der Waals surface area (Å²) in [5.74, 6) is 1.53. The fourth-order valence-electron chi connectivity index (χ4n) is 5.62. The van der Waals surface area contributed by atoms with Gasteiger partial charge < -0.3 is 20.2 Å². The van der Waals surface area contributed by atoms with Crippen molar-refractivity contribution in [3.05, 3.63) is 29.8 Å². The molecule has 1 aromatic rings. The summed E-state index contributed by atoms with van der Waals surface area (Å²) >= 11 is 0. The molecule has 6 nitrogen and oxygen atoms in total. The van der Waals surface area contributed by atoms with Gasteiger partial charge in [0.2, 0.25) is 0 Å². The van der Waals surface area contributed by atoms with Gasteiger partial charge in [-0.1, -0.05) is 32.0 Å². The molecule has 2 heterocycles. The fourth-order valence-corrected chi connectivity index (χ4v) is 5.62. The van der Waals surface area contributed by atoms with E-state index in [1.54, 1.807) is 0 Å². The third-order valence-electron chi connectivity index (χ3n) is 7.32. The molecule has 158 valence electrons. The van der Waals surface area contributed by atoms with Gasteiger partial charge in [-0.15, -0.1) is 0 Å². The lowest BCUT2D eigenvalue weighted by Crippen LogP contribution is -2.51. The molecule has 1 atom stereocenters. The number of amides is 2. The van der Waals surface area contributed by atoms with Gasteiger partial charge in [-0.05, 0) is 56.4 Å². The summed E-state index contributed by atoms with van der Waals surface area (Å²) in [5, 5.41) is 11.6. The highest BCUT2D eigenvalue weighted by Crippen LogP contribution is 2.40. The molecular weight excluding hydrogens is 366 g/mol. The van der Waals surface area contributed by atoms with Gasteiger partial charge in [-0.3, -0.25) is 4.79 Å². The van der Waals surface area contributed by atoms with Gasteiger partial charge in [-0.25, -0.2) is 4.79 Å². The van der Waals surface area contributed by atoms with Crippen LogP contribution in [0.3, 0.4) is 0 Å². The number of benzene rings is 1. The van der Waals surface area contributed by atoms with Crippen molar-refractivity contribution in [1.29, 1.82) is 0 Å². The Kier molecular flexibility index (Phi) is 5.81. The maximum Gasteiger partial charge on any atom is 0.405 e. The highest BCUT2D eigenvalue weighted by atomic mass is 16.4. The van der Waals surface area contributed by atoms with Crippen molar-refractivity contribution >= 4 is 17.7 Å². The summed E-state index contributed by atoms with van der Waals surface area (Å²) < 4.78 is 0. The second-order valence-corrected chi connectivity index (χ2v) is 9.23. The third-order valence-corrected chi connectivity index (χ3v) is 7.32. The molecule has 2 amide bonds. The number of fused-ring (bicyclic) bond motifs is 1. The molecule has 6 heteroatoms. The first-order valence-electron chi connectivity index (χ1n) is 11.1. The number of carbonyl (C=O) groups excluding carboxylic acids is 1. The Morgan fingerprint density at radius 1 is 1.03 bits per heavy atom. The molecule has 1 saturated carbocycles. The molecule has 1 aromatic carbocycles. The van der Waals surface area contributed by atoms with E-state index in [9.17, 15) is 9.59 Å². The number of hydrogen-bond donors (Lipinski definition) is 2.